The molecule has 1 amide bonds. The Morgan fingerprint density at radius 3 is 2.69 bits per heavy atom. The maximum Gasteiger partial charge on any atom is 0.407 e. The van der Waals surface area contributed by atoms with Crippen molar-refractivity contribution in [2.75, 3.05) is 11.5 Å². The number of nitrogens with one attached hydrogen (secondary N) is 1. The van der Waals surface area contributed by atoms with Gasteiger partial charge in [-0.05, 0) is 27.7 Å². The number of amides is 1. The topological polar surface area (TPSA) is 62.1 Å². The number of carbonyl (C=O) groups excluding carboxylic acids is 1. The molecular weight excluding hydrogens is 224 g/mol. The Bertz CT molecular complexity index is 256. The van der Waals surface area contributed by atoms with E-state index < -0.39 is 5.60 Å². The van der Waals surface area contributed by atoms with E-state index in [1.165, 1.54) is 0 Å². The number of nitriles is 1. The molecule has 0 aromatic rings. The standard InChI is InChI=1S/C11H20N2O2S/c1-9(8-16-7-5-6-12)13-10(14)15-11(2,3)4/h9H,5,7-8H2,1-4H3,(H,13,14). The molecule has 0 saturated carbocycles. The van der Waals surface area contributed by atoms with Gasteiger partial charge in [0.2, 0.25) is 0 Å². The second kappa shape index (κ2) is 7.39. The predicted octanol–water partition coefficient (Wildman–Crippen LogP) is 2.55. The molecule has 0 saturated heterocycles. The van der Waals surface area contributed by atoms with E-state index in [1.807, 2.05) is 27.7 Å². The Labute approximate surface area is 102 Å². The van der Waals surface area contributed by atoms with Crippen LogP contribution in [0, 0.1) is 11.3 Å². The average molecular weight is 244 g/mol. The summed E-state index contributed by atoms with van der Waals surface area (Å²) in [6, 6.07) is 2.13. The van der Waals surface area contributed by atoms with Gasteiger partial charge in [-0.3, -0.25) is 0 Å². The van der Waals surface area contributed by atoms with Crippen LogP contribution in [0.3, 0.4) is 0 Å². The van der Waals surface area contributed by atoms with Crippen molar-refractivity contribution in [3.05, 3.63) is 0 Å². The van der Waals surface area contributed by atoms with Gasteiger partial charge in [0, 0.05) is 24.0 Å². The van der Waals surface area contributed by atoms with E-state index in [1.54, 1.807) is 11.8 Å². The van der Waals surface area contributed by atoms with E-state index in [9.17, 15) is 4.79 Å². The summed E-state index contributed by atoms with van der Waals surface area (Å²) in [5.74, 6) is 1.60. The van der Waals surface area contributed by atoms with Crippen LogP contribution in [0.25, 0.3) is 0 Å². The summed E-state index contributed by atoms with van der Waals surface area (Å²) in [6.07, 6.45) is 0.157. The Morgan fingerprint density at radius 2 is 2.19 bits per heavy atom. The maximum atomic E-state index is 11.4. The molecule has 5 heteroatoms. The van der Waals surface area contributed by atoms with Crippen molar-refractivity contribution in [2.45, 2.75) is 45.8 Å². The molecule has 1 atom stereocenters. The van der Waals surface area contributed by atoms with Crippen molar-refractivity contribution < 1.29 is 9.53 Å². The molecule has 4 nitrogen and oxygen atoms in total. The lowest BCUT2D eigenvalue weighted by molar-refractivity contribution is 0.0513. The first kappa shape index (κ1) is 15.1. The van der Waals surface area contributed by atoms with Gasteiger partial charge in [-0.1, -0.05) is 0 Å². The molecule has 0 aromatic carbocycles. The molecule has 0 aromatic heterocycles. The second-order valence-electron chi connectivity index (χ2n) is 4.53. The highest BCUT2D eigenvalue weighted by molar-refractivity contribution is 7.99. The van der Waals surface area contributed by atoms with Gasteiger partial charge in [0.25, 0.3) is 0 Å². The minimum Gasteiger partial charge on any atom is -0.444 e. The largest absolute Gasteiger partial charge is 0.444 e. The Kier molecular flexibility index (Phi) is 6.98. The van der Waals surface area contributed by atoms with Crippen LogP contribution < -0.4 is 5.32 Å². The van der Waals surface area contributed by atoms with Gasteiger partial charge in [-0.2, -0.15) is 17.0 Å². The average Bonchev–Trinajstić information content (AvgIpc) is 2.09. The molecule has 0 bridgehead atoms. The molecule has 92 valence electrons. The van der Waals surface area contributed by atoms with Crippen LogP contribution in [-0.2, 0) is 4.74 Å². The summed E-state index contributed by atoms with van der Waals surface area (Å²) in [4.78, 5) is 11.4. The monoisotopic (exact) mass is 244 g/mol. The van der Waals surface area contributed by atoms with E-state index in [0.29, 0.717) is 6.42 Å². The van der Waals surface area contributed by atoms with Gasteiger partial charge in [-0.25, -0.2) is 4.79 Å². The molecule has 0 aliphatic heterocycles. The molecule has 0 fully saturated rings. The molecule has 0 spiro atoms. The first-order valence-electron chi connectivity index (χ1n) is 5.29. The zero-order valence-corrected chi connectivity index (χ0v) is 11.2. The van der Waals surface area contributed by atoms with Gasteiger partial charge in [0.1, 0.15) is 5.60 Å². The van der Waals surface area contributed by atoms with E-state index in [4.69, 9.17) is 10.00 Å². The van der Waals surface area contributed by atoms with Gasteiger partial charge >= 0.3 is 6.09 Å². The van der Waals surface area contributed by atoms with Crippen molar-refractivity contribution in [3.63, 3.8) is 0 Å². The number of carbonyl (C=O) groups is 1. The van der Waals surface area contributed by atoms with E-state index in [0.717, 1.165) is 11.5 Å². The van der Waals surface area contributed by atoms with E-state index >= 15 is 0 Å². The SMILES string of the molecule is CC(CSCCC#N)NC(=O)OC(C)(C)C. The maximum absolute atomic E-state index is 11.4. The fourth-order valence-electron chi connectivity index (χ4n) is 0.928. The summed E-state index contributed by atoms with van der Waals surface area (Å²) >= 11 is 1.65. The molecule has 1 unspecified atom stereocenters. The number of ether oxygens (including phenoxy) is 1. The van der Waals surface area contributed by atoms with Crippen LogP contribution in [0.4, 0.5) is 4.79 Å². The molecular formula is C11H20N2O2S. The van der Waals surface area contributed by atoms with E-state index in [2.05, 4.69) is 11.4 Å². The second-order valence-corrected chi connectivity index (χ2v) is 5.68. The van der Waals surface area contributed by atoms with Gasteiger partial charge in [0.15, 0.2) is 0 Å². The van der Waals surface area contributed by atoms with Crippen LogP contribution in [0.2, 0.25) is 0 Å². The number of hydrogen-bond acceptors (Lipinski definition) is 4. The molecule has 0 heterocycles. The lowest BCUT2D eigenvalue weighted by Gasteiger charge is -2.21. The fraction of sp³-hybridized carbons (Fsp3) is 0.818. The normalized spacial score (nSPS) is 12.7. The van der Waals surface area contributed by atoms with Crippen LogP contribution in [0.1, 0.15) is 34.1 Å². The van der Waals surface area contributed by atoms with Crippen LogP contribution in [0.15, 0.2) is 0 Å². The predicted molar refractivity (Wildman–Crippen MR) is 66.4 cm³/mol. The minimum atomic E-state index is -0.461. The van der Waals surface area contributed by atoms with Crippen molar-refractivity contribution >= 4 is 17.9 Å². The lowest BCUT2D eigenvalue weighted by Crippen LogP contribution is -2.38. The molecule has 0 rings (SSSR count). The van der Waals surface area contributed by atoms with Crippen LogP contribution in [-0.4, -0.2) is 29.2 Å². The highest BCUT2D eigenvalue weighted by Crippen LogP contribution is 2.08. The Balaban J connectivity index is 3.67. The zero-order valence-electron chi connectivity index (χ0n) is 10.4. The number of thioether (sulfide) groups is 1. The van der Waals surface area contributed by atoms with Gasteiger partial charge in [-0.15, -0.1) is 0 Å². The molecule has 0 aliphatic carbocycles. The van der Waals surface area contributed by atoms with Crippen LogP contribution >= 0.6 is 11.8 Å². The minimum absolute atomic E-state index is 0.0542. The van der Waals surface area contributed by atoms with Gasteiger partial charge in [0.05, 0.1) is 6.07 Å². The summed E-state index contributed by atoms with van der Waals surface area (Å²) in [5, 5.41) is 11.1. The van der Waals surface area contributed by atoms with Gasteiger partial charge < -0.3 is 10.1 Å². The Hall–Kier alpha value is -0.890. The summed E-state index contributed by atoms with van der Waals surface area (Å²) < 4.78 is 5.12. The first-order valence-corrected chi connectivity index (χ1v) is 6.45. The smallest absolute Gasteiger partial charge is 0.407 e. The number of nitrogens with zero attached hydrogens (tertiary/aromatic N) is 1. The summed E-state index contributed by atoms with van der Waals surface area (Å²) in [7, 11) is 0. The highest BCUT2D eigenvalue weighted by atomic mass is 32.2. The van der Waals surface area contributed by atoms with Crippen molar-refractivity contribution in [2.24, 2.45) is 0 Å². The Morgan fingerprint density at radius 1 is 1.56 bits per heavy atom. The first-order chi connectivity index (χ1) is 7.35. The van der Waals surface area contributed by atoms with Crippen molar-refractivity contribution in [3.8, 4) is 6.07 Å². The third kappa shape index (κ3) is 9.66. The molecule has 0 aliphatic rings. The quantitative estimate of drug-likeness (QED) is 0.755. The number of alkyl carbamates (subject to hydrolysis) is 1. The number of hydrogen-bond donors (Lipinski definition) is 1. The van der Waals surface area contributed by atoms with Crippen LogP contribution in [0.5, 0.6) is 0 Å². The molecule has 0 radical (unpaired) electrons. The summed E-state index contributed by atoms with van der Waals surface area (Å²) in [5.41, 5.74) is -0.461. The van der Waals surface area contributed by atoms with Crippen molar-refractivity contribution in [1.82, 2.24) is 5.32 Å². The van der Waals surface area contributed by atoms with Crippen molar-refractivity contribution in [1.29, 1.82) is 5.26 Å². The van der Waals surface area contributed by atoms with E-state index in [-0.39, 0.29) is 12.1 Å². The lowest BCUT2D eigenvalue weighted by atomic mass is 10.2. The fourth-order valence-corrected chi connectivity index (χ4v) is 1.77. The third-order valence-electron chi connectivity index (χ3n) is 1.49. The highest BCUT2D eigenvalue weighted by Gasteiger charge is 2.17. The number of rotatable bonds is 5. The molecule has 16 heavy (non-hydrogen) atoms. The summed E-state index contributed by atoms with van der Waals surface area (Å²) in [6.45, 7) is 7.42. The third-order valence-corrected chi connectivity index (χ3v) is 2.72. The zero-order chi connectivity index (χ0) is 12.6. The molecule has 1 N–H and O–H groups in total.